The highest BCUT2D eigenvalue weighted by molar-refractivity contribution is 5.95. The van der Waals surface area contributed by atoms with E-state index in [-0.39, 0.29) is 18.6 Å². The molecular weight excluding hydrogens is 228 g/mol. The molecule has 1 aliphatic carbocycles. The summed E-state index contributed by atoms with van der Waals surface area (Å²) in [5, 5.41) is 11.9. The Kier molecular flexibility index (Phi) is 3.68. The van der Waals surface area contributed by atoms with E-state index in [2.05, 4.69) is 5.32 Å². The molecule has 0 aliphatic heterocycles. The Hall–Kier alpha value is -1.39. The molecule has 2 atom stereocenters. The highest BCUT2D eigenvalue weighted by atomic mass is 16.3. The third-order valence-electron chi connectivity index (χ3n) is 3.94. The first-order chi connectivity index (χ1) is 8.56. The number of nitrogens with one attached hydrogen (secondary N) is 1. The normalized spacial score (nSPS) is 27.2. The molecule has 2 unspecified atom stereocenters. The summed E-state index contributed by atoms with van der Waals surface area (Å²) in [7, 11) is 0. The molecule has 4 heteroatoms. The average Bonchev–Trinajstić information content (AvgIpc) is 2.72. The zero-order valence-corrected chi connectivity index (χ0v) is 10.6. The smallest absolute Gasteiger partial charge is 0.231 e. The first-order valence-corrected chi connectivity index (χ1v) is 6.33. The van der Waals surface area contributed by atoms with E-state index in [4.69, 9.17) is 10.8 Å². The number of nitrogens with two attached hydrogens (primary N) is 1. The summed E-state index contributed by atoms with van der Waals surface area (Å²) >= 11 is 0. The lowest BCUT2D eigenvalue weighted by molar-refractivity contribution is -0.125. The van der Waals surface area contributed by atoms with Gasteiger partial charge in [0.1, 0.15) is 0 Å². The van der Waals surface area contributed by atoms with Gasteiger partial charge in [-0.1, -0.05) is 18.6 Å². The number of benzene rings is 1. The average molecular weight is 248 g/mol. The van der Waals surface area contributed by atoms with Crippen LogP contribution in [0, 0.1) is 5.41 Å². The van der Waals surface area contributed by atoms with E-state index in [1.165, 1.54) is 0 Å². The number of hydrogen-bond donors (Lipinski definition) is 3. The molecule has 1 saturated carbocycles. The van der Waals surface area contributed by atoms with Gasteiger partial charge in [0.15, 0.2) is 0 Å². The van der Waals surface area contributed by atoms with E-state index in [1.807, 2.05) is 6.92 Å². The minimum Gasteiger partial charge on any atom is -0.392 e. The largest absolute Gasteiger partial charge is 0.392 e. The van der Waals surface area contributed by atoms with E-state index in [1.54, 1.807) is 24.3 Å². The number of hydrogen-bond acceptors (Lipinski definition) is 3. The zero-order valence-electron chi connectivity index (χ0n) is 10.6. The van der Waals surface area contributed by atoms with Crippen LogP contribution in [0.5, 0.6) is 0 Å². The fourth-order valence-corrected chi connectivity index (χ4v) is 2.44. The van der Waals surface area contributed by atoms with Gasteiger partial charge < -0.3 is 16.2 Å². The van der Waals surface area contributed by atoms with Crippen molar-refractivity contribution in [2.24, 2.45) is 11.1 Å². The summed E-state index contributed by atoms with van der Waals surface area (Å²) in [5.41, 5.74) is 7.13. The van der Waals surface area contributed by atoms with Crippen LogP contribution in [0.25, 0.3) is 0 Å². The van der Waals surface area contributed by atoms with Gasteiger partial charge in [0.2, 0.25) is 5.91 Å². The van der Waals surface area contributed by atoms with Gasteiger partial charge in [0.05, 0.1) is 12.0 Å². The highest BCUT2D eigenvalue weighted by Crippen LogP contribution is 2.37. The zero-order chi connectivity index (χ0) is 13.2. The SMILES string of the molecule is CC1(C(=O)Nc2ccc(CO)cc2)CCCC1N. The summed E-state index contributed by atoms with van der Waals surface area (Å²) in [5.74, 6) is -0.00996. The number of amides is 1. The molecule has 18 heavy (non-hydrogen) atoms. The maximum Gasteiger partial charge on any atom is 0.231 e. The van der Waals surface area contributed by atoms with Crippen molar-refractivity contribution in [3.63, 3.8) is 0 Å². The molecule has 0 radical (unpaired) electrons. The van der Waals surface area contributed by atoms with Crippen LogP contribution in [-0.2, 0) is 11.4 Å². The van der Waals surface area contributed by atoms with E-state index >= 15 is 0 Å². The van der Waals surface area contributed by atoms with Crippen LogP contribution in [-0.4, -0.2) is 17.1 Å². The quantitative estimate of drug-likeness (QED) is 0.761. The van der Waals surface area contributed by atoms with Crippen molar-refractivity contribution in [1.29, 1.82) is 0 Å². The standard InChI is InChI=1S/C14H20N2O2/c1-14(8-2-3-12(14)15)13(18)16-11-6-4-10(9-17)5-7-11/h4-7,12,17H,2-3,8-9,15H2,1H3,(H,16,18). The van der Waals surface area contributed by atoms with Crippen molar-refractivity contribution >= 4 is 11.6 Å². The first kappa shape index (κ1) is 13.1. The van der Waals surface area contributed by atoms with Gasteiger partial charge in [-0.25, -0.2) is 0 Å². The fraction of sp³-hybridized carbons (Fsp3) is 0.500. The lowest BCUT2D eigenvalue weighted by Gasteiger charge is -2.27. The molecule has 0 heterocycles. The molecule has 98 valence electrons. The van der Waals surface area contributed by atoms with E-state index in [9.17, 15) is 4.79 Å². The fourth-order valence-electron chi connectivity index (χ4n) is 2.44. The van der Waals surface area contributed by atoms with Gasteiger partial charge in [-0.3, -0.25) is 4.79 Å². The molecule has 4 N–H and O–H groups in total. The maximum atomic E-state index is 12.3. The summed E-state index contributed by atoms with van der Waals surface area (Å²) in [6.07, 6.45) is 2.76. The second-order valence-electron chi connectivity index (χ2n) is 5.23. The number of rotatable bonds is 3. The van der Waals surface area contributed by atoms with Crippen LogP contribution in [0.2, 0.25) is 0 Å². The topological polar surface area (TPSA) is 75.3 Å². The van der Waals surface area contributed by atoms with E-state index in [0.717, 1.165) is 30.5 Å². The van der Waals surface area contributed by atoms with Gasteiger partial charge >= 0.3 is 0 Å². The Balaban J connectivity index is 2.06. The minimum atomic E-state index is -0.463. The van der Waals surface area contributed by atoms with Gasteiger partial charge in [-0.2, -0.15) is 0 Å². The molecule has 0 spiro atoms. The van der Waals surface area contributed by atoms with Crippen LogP contribution >= 0.6 is 0 Å². The summed E-state index contributed by atoms with van der Waals surface area (Å²) in [4.78, 5) is 12.3. The second-order valence-corrected chi connectivity index (χ2v) is 5.23. The first-order valence-electron chi connectivity index (χ1n) is 6.33. The van der Waals surface area contributed by atoms with Crippen molar-refractivity contribution in [2.75, 3.05) is 5.32 Å². The third-order valence-corrected chi connectivity index (χ3v) is 3.94. The van der Waals surface area contributed by atoms with Gasteiger partial charge in [-0.15, -0.1) is 0 Å². The van der Waals surface area contributed by atoms with Crippen LogP contribution < -0.4 is 11.1 Å². The molecular formula is C14H20N2O2. The van der Waals surface area contributed by atoms with Gasteiger partial charge in [0, 0.05) is 11.7 Å². The third kappa shape index (κ3) is 2.40. The predicted octanol–water partition coefficient (Wildman–Crippen LogP) is 1.63. The summed E-state index contributed by atoms with van der Waals surface area (Å²) in [6.45, 7) is 1.94. The summed E-state index contributed by atoms with van der Waals surface area (Å²) in [6, 6.07) is 7.13. The molecule has 1 aromatic rings. The number of anilines is 1. The molecule has 0 saturated heterocycles. The molecule has 1 fully saturated rings. The Morgan fingerprint density at radius 3 is 2.67 bits per heavy atom. The molecule has 4 nitrogen and oxygen atoms in total. The predicted molar refractivity (Wildman–Crippen MR) is 70.9 cm³/mol. The lowest BCUT2D eigenvalue weighted by atomic mass is 9.84. The Bertz CT molecular complexity index is 430. The molecule has 1 aliphatic rings. The monoisotopic (exact) mass is 248 g/mol. The number of carbonyl (C=O) groups excluding carboxylic acids is 1. The molecule has 0 aromatic heterocycles. The summed E-state index contributed by atoms with van der Waals surface area (Å²) < 4.78 is 0. The van der Waals surface area contributed by atoms with Crippen molar-refractivity contribution in [3.8, 4) is 0 Å². The number of aliphatic hydroxyl groups excluding tert-OH is 1. The molecule has 1 aromatic carbocycles. The van der Waals surface area contributed by atoms with Crippen molar-refractivity contribution in [1.82, 2.24) is 0 Å². The highest BCUT2D eigenvalue weighted by Gasteiger charge is 2.42. The van der Waals surface area contributed by atoms with Crippen LogP contribution in [0.4, 0.5) is 5.69 Å². The second kappa shape index (κ2) is 5.08. The molecule has 1 amide bonds. The minimum absolute atomic E-state index is 0.00996. The number of aliphatic hydroxyl groups is 1. The molecule has 0 bridgehead atoms. The Morgan fingerprint density at radius 1 is 1.50 bits per heavy atom. The van der Waals surface area contributed by atoms with Crippen molar-refractivity contribution in [3.05, 3.63) is 29.8 Å². The van der Waals surface area contributed by atoms with E-state index < -0.39 is 5.41 Å². The van der Waals surface area contributed by atoms with E-state index in [0.29, 0.717) is 0 Å². The number of carbonyl (C=O) groups is 1. The lowest BCUT2D eigenvalue weighted by Crippen LogP contribution is -2.44. The van der Waals surface area contributed by atoms with Gasteiger partial charge in [-0.05, 0) is 37.5 Å². The van der Waals surface area contributed by atoms with Crippen LogP contribution in [0.15, 0.2) is 24.3 Å². The Labute approximate surface area is 107 Å². The maximum absolute atomic E-state index is 12.3. The molecule has 2 rings (SSSR count). The Morgan fingerprint density at radius 2 is 2.17 bits per heavy atom. The van der Waals surface area contributed by atoms with Crippen molar-refractivity contribution < 1.29 is 9.90 Å². The van der Waals surface area contributed by atoms with Crippen LogP contribution in [0.3, 0.4) is 0 Å². The van der Waals surface area contributed by atoms with Crippen LogP contribution in [0.1, 0.15) is 31.7 Å². The van der Waals surface area contributed by atoms with Gasteiger partial charge in [0.25, 0.3) is 0 Å². The van der Waals surface area contributed by atoms with Crippen molar-refractivity contribution in [2.45, 2.75) is 38.8 Å².